The van der Waals surface area contributed by atoms with Gasteiger partial charge in [0.2, 0.25) is 5.91 Å². The maximum Gasteiger partial charge on any atom is 0.221 e. The van der Waals surface area contributed by atoms with Gasteiger partial charge in [0.1, 0.15) is 0 Å². The zero-order valence-electron chi connectivity index (χ0n) is 10.8. The number of rotatable bonds is 3. The van der Waals surface area contributed by atoms with Crippen LogP contribution in [-0.4, -0.2) is 5.91 Å². The lowest BCUT2D eigenvalue weighted by molar-refractivity contribution is -0.114. The van der Waals surface area contributed by atoms with E-state index >= 15 is 0 Å². The van der Waals surface area contributed by atoms with Crippen molar-refractivity contribution < 1.29 is 4.79 Å². The smallest absolute Gasteiger partial charge is 0.221 e. The summed E-state index contributed by atoms with van der Waals surface area (Å²) in [5.74, 6) is -0.0833. The molecule has 0 spiro atoms. The number of nitrogens with one attached hydrogen (secondary N) is 1. The first-order chi connectivity index (χ1) is 9.16. The molecule has 1 amide bonds. The first-order valence-electron chi connectivity index (χ1n) is 6.06. The van der Waals surface area contributed by atoms with Gasteiger partial charge in [0.15, 0.2) is 0 Å². The van der Waals surface area contributed by atoms with E-state index in [9.17, 15) is 4.79 Å². The second-order valence-corrected chi connectivity index (χ2v) is 4.23. The SMILES string of the molecule is CC(=O)Nc1ccccc1/C=C/c1ccccc1N. The molecular weight excluding hydrogens is 236 g/mol. The Hall–Kier alpha value is -2.55. The van der Waals surface area contributed by atoms with Crippen LogP contribution in [0, 0.1) is 0 Å². The molecule has 2 aromatic rings. The van der Waals surface area contributed by atoms with Crippen LogP contribution in [0.15, 0.2) is 48.5 Å². The third kappa shape index (κ3) is 3.45. The molecule has 19 heavy (non-hydrogen) atoms. The fourth-order valence-corrected chi connectivity index (χ4v) is 1.79. The molecule has 2 rings (SSSR count). The predicted molar refractivity (Wildman–Crippen MR) is 80.5 cm³/mol. The average Bonchev–Trinajstić information content (AvgIpc) is 2.39. The van der Waals surface area contributed by atoms with Crippen molar-refractivity contribution in [2.75, 3.05) is 11.1 Å². The van der Waals surface area contributed by atoms with Crippen LogP contribution in [0.4, 0.5) is 11.4 Å². The van der Waals surface area contributed by atoms with Crippen molar-refractivity contribution in [3.05, 3.63) is 59.7 Å². The van der Waals surface area contributed by atoms with E-state index in [1.54, 1.807) is 0 Å². The molecule has 0 aliphatic carbocycles. The van der Waals surface area contributed by atoms with Gasteiger partial charge in [-0.15, -0.1) is 0 Å². The van der Waals surface area contributed by atoms with E-state index in [-0.39, 0.29) is 5.91 Å². The Morgan fingerprint density at radius 1 is 1.00 bits per heavy atom. The van der Waals surface area contributed by atoms with Gasteiger partial charge in [-0.3, -0.25) is 4.79 Å². The van der Waals surface area contributed by atoms with Crippen LogP contribution < -0.4 is 11.1 Å². The van der Waals surface area contributed by atoms with Crippen LogP contribution in [0.25, 0.3) is 12.2 Å². The monoisotopic (exact) mass is 252 g/mol. The Kier molecular flexibility index (Phi) is 3.98. The zero-order chi connectivity index (χ0) is 13.7. The Balaban J connectivity index is 2.28. The predicted octanol–water partition coefficient (Wildman–Crippen LogP) is 3.40. The van der Waals surface area contributed by atoms with E-state index in [2.05, 4.69) is 5.32 Å². The Morgan fingerprint density at radius 2 is 1.58 bits per heavy atom. The topological polar surface area (TPSA) is 55.1 Å². The van der Waals surface area contributed by atoms with Gasteiger partial charge in [-0.2, -0.15) is 0 Å². The van der Waals surface area contributed by atoms with E-state index < -0.39 is 0 Å². The normalized spacial score (nSPS) is 10.6. The van der Waals surface area contributed by atoms with Crippen molar-refractivity contribution in [2.45, 2.75) is 6.92 Å². The molecular formula is C16H16N2O. The van der Waals surface area contributed by atoms with Crippen molar-refractivity contribution in [3.63, 3.8) is 0 Å². The molecule has 0 aliphatic heterocycles. The third-order valence-corrected chi connectivity index (χ3v) is 2.71. The highest BCUT2D eigenvalue weighted by molar-refractivity contribution is 5.92. The second kappa shape index (κ2) is 5.87. The molecule has 0 saturated heterocycles. The van der Waals surface area contributed by atoms with Crippen LogP contribution in [0.5, 0.6) is 0 Å². The molecule has 2 aromatic carbocycles. The van der Waals surface area contributed by atoms with Crippen molar-refractivity contribution in [1.82, 2.24) is 0 Å². The molecule has 0 aromatic heterocycles. The van der Waals surface area contributed by atoms with E-state index in [4.69, 9.17) is 5.73 Å². The summed E-state index contributed by atoms with van der Waals surface area (Å²) in [6.45, 7) is 1.50. The minimum atomic E-state index is -0.0833. The second-order valence-electron chi connectivity index (χ2n) is 4.23. The quantitative estimate of drug-likeness (QED) is 0.649. The molecule has 0 radical (unpaired) electrons. The molecule has 0 atom stereocenters. The van der Waals surface area contributed by atoms with Crippen molar-refractivity contribution in [2.24, 2.45) is 0 Å². The molecule has 0 aliphatic rings. The summed E-state index contributed by atoms with van der Waals surface area (Å²) in [6, 6.07) is 15.3. The minimum absolute atomic E-state index is 0.0833. The summed E-state index contributed by atoms with van der Waals surface area (Å²) in [6.07, 6.45) is 3.88. The van der Waals surface area contributed by atoms with E-state index in [1.165, 1.54) is 6.92 Å². The number of para-hydroxylation sites is 2. The van der Waals surface area contributed by atoms with Gasteiger partial charge < -0.3 is 11.1 Å². The fraction of sp³-hybridized carbons (Fsp3) is 0.0625. The van der Waals surface area contributed by atoms with E-state index in [1.807, 2.05) is 60.7 Å². The number of carbonyl (C=O) groups is 1. The summed E-state index contributed by atoms with van der Waals surface area (Å²) in [5.41, 5.74) is 9.31. The zero-order valence-corrected chi connectivity index (χ0v) is 10.8. The first kappa shape index (κ1) is 12.9. The number of nitrogens with two attached hydrogens (primary N) is 1. The summed E-state index contributed by atoms with van der Waals surface area (Å²) < 4.78 is 0. The highest BCUT2D eigenvalue weighted by atomic mass is 16.1. The maximum atomic E-state index is 11.1. The average molecular weight is 252 g/mol. The first-order valence-corrected chi connectivity index (χ1v) is 6.06. The Labute approximate surface area is 112 Å². The number of anilines is 2. The summed E-state index contributed by atoms with van der Waals surface area (Å²) in [4.78, 5) is 11.1. The lowest BCUT2D eigenvalue weighted by Crippen LogP contribution is -2.06. The molecule has 3 N–H and O–H groups in total. The molecule has 0 fully saturated rings. The molecule has 96 valence electrons. The Morgan fingerprint density at radius 3 is 2.26 bits per heavy atom. The van der Waals surface area contributed by atoms with Gasteiger partial charge in [0, 0.05) is 18.3 Å². The van der Waals surface area contributed by atoms with Crippen molar-refractivity contribution >= 4 is 29.4 Å². The molecule has 0 saturated carbocycles. The highest BCUT2D eigenvalue weighted by Crippen LogP contribution is 2.20. The largest absolute Gasteiger partial charge is 0.398 e. The van der Waals surface area contributed by atoms with Crippen LogP contribution in [0.3, 0.4) is 0 Å². The van der Waals surface area contributed by atoms with E-state index in [0.29, 0.717) is 0 Å². The van der Waals surface area contributed by atoms with Crippen LogP contribution in [-0.2, 0) is 4.79 Å². The minimum Gasteiger partial charge on any atom is -0.398 e. The number of carbonyl (C=O) groups excluding carboxylic acids is 1. The van der Waals surface area contributed by atoms with Gasteiger partial charge in [0.25, 0.3) is 0 Å². The molecule has 3 heteroatoms. The van der Waals surface area contributed by atoms with Gasteiger partial charge >= 0.3 is 0 Å². The lowest BCUT2D eigenvalue weighted by Gasteiger charge is -2.06. The number of benzene rings is 2. The summed E-state index contributed by atoms with van der Waals surface area (Å²) in [7, 11) is 0. The van der Waals surface area contributed by atoms with E-state index in [0.717, 1.165) is 22.5 Å². The van der Waals surface area contributed by atoms with Gasteiger partial charge in [0.05, 0.1) is 0 Å². The molecule has 3 nitrogen and oxygen atoms in total. The highest BCUT2D eigenvalue weighted by Gasteiger charge is 2.00. The van der Waals surface area contributed by atoms with Crippen molar-refractivity contribution in [1.29, 1.82) is 0 Å². The number of amides is 1. The number of nitrogen functional groups attached to an aromatic ring is 1. The summed E-state index contributed by atoms with van der Waals surface area (Å²) in [5, 5.41) is 2.80. The lowest BCUT2D eigenvalue weighted by atomic mass is 10.1. The number of hydrogen-bond donors (Lipinski definition) is 2. The molecule has 0 unspecified atom stereocenters. The van der Waals surface area contributed by atoms with Crippen LogP contribution in [0.2, 0.25) is 0 Å². The Bertz CT molecular complexity index is 618. The van der Waals surface area contributed by atoms with Gasteiger partial charge in [-0.25, -0.2) is 0 Å². The van der Waals surface area contributed by atoms with Gasteiger partial charge in [-0.1, -0.05) is 48.6 Å². The molecule has 0 heterocycles. The maximum absolute atomic E-state index is 11.1. The van der Waals surface area contributed by atoms with Crippen molar-refractivity contribution in [3.8, 4) is 0 Å². The summed E-state index contributed by atoms with van der Waals surface area (Å²) >= 11 is 0. The van der Waals surface area contributed by atoms with Crippen LogP contribution in [0.1, 0.15) is 18.1 Å². The fourth-order valence-electron chi connectivity index (χ4n) is 1.79. The van der Waals surface area contributed by atoms with Crippen LogP contribution >= 0.6 is 0 Å². The molecule has 0 bridgehead atoms. The number of hydrogen-bond acceptors (Lipinski definition) is 2. The third-order valence-electron chi connectivity index (χ3n) is 2.71. The standard InChI is InChI=1S/C16H16N2O/c1-12(19)18-16-9-5-3-7-14(16)11-10-13-6-2-4-8-15(13)17/h2-11H,17H2,1H3,(H,18,19)/b11-10+. The van der Waals surface area contributed by atoms with Gasteiger partial charge in [-0.05, 0) is 23.3 Å².